The molecule has 0 heterocycles. The molecule has 1 aliphatic carbocycles. The first-order valence-corrected chi connectivity index (χ1v) is 12.3. The van der Waals surface area contributed by atoms with Crippen LogP contribution < -0.4 is 14.2 Å². The third-order valence-corrected chi connectivity index (χ3v) is 6.11. The zero-order chi connectivity index (χ0) is 27.8. The molecule has 39 heavy (non-hydrogen) atoms. The first-order valence-electron chi connectivity index (χ1n) is 12.3. The van der Waals surface area contributed by atoms with Crippen LogP contribution in [0.2, 0.25) is 0 Å². The number of hydrogen-bond donors (Lipinski definition) is 0. The van der Waals surface area contributed by atoms with Crippen molar-refractivity contribution in [3.63, 3.8) is 0 Å². The predicted molar refractivity (Wildman–Crippen MR) is 144 cm³/mol. The van der Waals surface area contributed by atoms with Gasteiger partial charge in [0.25, 0.3) is 0 Å². The Labute approximate surface area is 226 Å². The van der Waals surface area contributed by atoms with Crippen molar-refractivity contribution in [1.82, 2.24) is 0 Å². The van der Waals surface area contributed by atoms with Crippen LogP contribution in [0.4, 0.5) is 0 Å². The molecule has 1 unspecified atom stereocenters. The van der Waals surface area contributed by atoms with Crippen molar-refractivity contribution in [2.45, 2.75) is 19.3 Å². The third kappa shape index (κ3) is 6.73. The zero-order valence-electron chi connectivity index (χ0n) is 21.5. The van der Waals surface area contributed by atoms with Crippen LogP contribution in [0.25, 0.3) is 11.1 Å². The van der Waals surface area contributed by atoms with Gasteiger partial charge in [-0.2, -0.15) is 0 Å². The molecule has 0 fully saturated rings. The van der Waals surface area contributed by atoms with E-state index in [0.29, 0.717) is 30.1 Å². The van der Waals surface area contributed by atoms with Gasteiger partial charge in [0.1, 0.15) is 17.2 Å². The maximum Gasteiger partial charge on any atom is 0.348 e. The van der Waals surface area contributed by atoms with Crippen LogP contribution >= 0.6 is 0 Å². The van der Waals surface area contributed by atoms with Crippen molar-refractivity contribution in [2.24, 2.45) is 0 Å². The summed E-state index contributed by atoms with van der Waals surface area (Å²) in [5, 5.41) is 0. The van der Waals surface area contributed by atoms with Crippen LogP contribution in [0.5, 0.6) is 17.2 Å². The molecule has 0 amide bonds. The van der Waals surface area contributed by atoms with Crippen molar-refractivity contribution in [1.29, 1.82) is 0 Å². The second kappa shape index (κ2) is 12.6. The SMILES string of the molecule is C=COC(=O)COc1ccc(OC(=O)c2ccc3c(c2)C(C)c2cc(OCCCOC(=O)C=C)ccc2-3)cc1. The molecule has 3 aromatic rings. The minimum absolute atomic E-state index is 0.0593. The van der Waals surface area contributed by atoms with Gasteiger partial charge < -0.3 is 23.7 Å². The van der Waals surface area contributed by atoms with E-state index in [0.717, 1.165) is 40.3 Å². The van der Waals surface area contributed by atoms with Gasteiger partial charge in [0.2, 0.25) is 0 Å². The van der Waals surface area contributed by atoms with Gasteiger partial charge in [-0.3, -0.25) is 0 Å². The van der Waals surface area contributed by atoms with Gasteiger partial charge in [-0.25, -0.2) is 14.4 Å². The summed E-state index contributed by atoms with van der Waals surface area (Å²) < 4.78 is 26.3. The Morgan fingerprint density at radius 3 is 2.21 bits per heavy atom. The maximum absolute atomic E-state index is 12.9. The first kappa shape index (κ1) is 27.2. The summed E-state index contributed by atoms with van der Waals surface area (Å²) >= 11 is 0. The van der Waals surface area contributed by atoms with E-state index in [4.69, 9.17) is 18.9 Å². The number of esters is 3. The lowest BCUT2D eigenvalue weighted by Crippen LogP contribution is -2.12. The van der Waals surface area contributed by atoms with Crippen LogP contribution in [0.3, 0.4) is 0 Å². The molecular weight excluding hydrogens is 500 g/mol. The van der Waals surface area contributed by atoms with Crippen LogP contribution in [-0.2, 0) is 19.1 Å². The minimum Gasteiger partial charge on any atom is -0.493 e. The lowest BCUT2D eigenvalue weighted by Gasteiger charge is -2.11. The van der Waals surface area contributed by atoms with Crippen molar-refractivity contribution in [2.75, 3.05) is 19.8 Å². The summed E-state index contributed by atoms with van der Waals surface area (Å²) in [6.07, 6.45) is 2.74. The van der Waals surface area contributed by atoms with Crippen molar-refractivity contribution < 1.29 is 38.1 Å². The van der Waals surface area contributed by atoms with Crippen LogP contribution in [0.1, 0.15) is 40.7 Å². The summed E-state index contributed by atoms with van der Waals surface area (Å²) in [5.74, 6) is 0.0665. The molecule has 3 aromatic carbocycles. The van der Waals surface area contributed by atoms with E-state index in [1.165, 1.54) is 0 Å². The van der Waals surface area contributed by atoms with E-state index in [-0.39, 0.29) is 19.1 Å². The standard InChI is InChI=1S/C31H28O8/c1-4-29(32)37-16-6-15-36-24-12-14-26-25-13-7-21(17-27(25)20(3)28(26)18-24)31(34)39-23-10-8-22(9-11-23)38-19-30(33)35-5-2/h4-5,7-14,17-18,20H,1-2,6,15-16,19H2,3H3. The fourth-order valence-corrected chi connectivity index (χ4v) is 4.21. The van der Waals surface area contributed by atoms with Crippen LogP contribution in [-0.4, -0.2) is 37.7 Å². The Bertz CT molecular complexity index is 1390. The number of benzene rings is 3. The highest BCUT2D eigenvalue weighted by Crippen LogP contribution is 2.46. The molecule has 4 rings (SSSR count). The topological polar surface area (TPSA) is 97.4 Å². The second-order valence-electron chi connectivity index (χ2n) is 8.65. The lowest BCUT2D eigenvalue weighted by atomic mass is 9.98. The number of carbonyl (C=O) groups is 3. The Kier molecular flexibility index (Phi) is 8.78. The van der Waals surface area contributed by atoms with E-state index < -0.39 is 17.9 Å². The fraction of sp³-hybridized carbons (Fsp3) is 0.194. The molecular formula is C31H28O8. The maximum atomic E-state index is 12.9. The Balaban J connectivity index is 1.36. The number of ether oxygens (including phenoxy) is 5. The van der Waals surface area contributed by atoms with Crippen molar-refractivity contribution >= 4 is 17.9 Å². The Hall–Kier alpha value is -4.85. The molecule has 0 aromatic heterocycles. The number of rotatable bonds is 12. The van der Waals surface area contributed by atoms with Gasteiger partial charge >= 0.3 is 17.9 Å². The zero-order valence-corrected chi connectivity index (χ0v) is 21.5. The second-order valence-corrected chi connectivity index (χ2v) is 8.65. The lowest BCUT2D eigenvalue weighted by molar-refractivity contribution is -0.140. The molecule has 0 N–H and O–H groups in total. The van der Waals surface area contributed by atoms with Crippen LogP contribution in [0, 0.1) is 0 Å². The molecule has 0 saturated carbocycles. The van der Waals surface area contributed by atoms with Gasteiger partial charge in [-0.05, 0) is 70.8 Å². The molecule has 0 spiro atoms. The van der Waals surface area contributed by atoms with Gasteiger partial charge in [-0.15, -0.1) is 0 Å². The average Bonchev–Trinajstić information content (AvgIpc) is 3.23. The van der Waals surface area contributed by atoms with Gasteiger partial charge in [0.05, 0.1) is 25.0 Å². The van der Waals surface area contributed by atoms with E-state index >= 15 is 0 Å². The number of hydrogen-bond acceptors (Lipinski definition) is 8. The summed E-state index contributed by atoms with van der Waals surface area (Å²) in [5.41, 5.74) is 4.74. The smallest absolute Gasteiger partial charge is 0.348 e. The average molecular weight is 529 g/mol. The highest BCUT2D eigenvalue weighted by atomic mass is 16.6. The van der Waals surface area contributed by atoms with E-state index in [1.54, 1.807) is 30.3 Å². The summed E-state index contributed by atoms with van der Waals surface area (Å²) in [6.45, 7) is 9.18. The highest BCUT2D eigenvalue weighted by Gasteiger charge is 2.27. The molecule has 0 aliphatic heterocycles. The van der Waals surface area contributed by atoms with E-state index in [1.807, 2.05) is 30.3 Å². The first-order chi connectivity index (χ1) is 18.9. The van der Waals surface area contributed by atoms with Crippen molar-refractivity contribution in [3.05, 3.63) is 103 Å². The highest BCUT2D eigenvalue weighted by molar-refractivity contribution is 5.93. The van der Waals surface area contributed by atoms with Gasteiger partial charge in [0, 0.05) is 18.4 Å². The molecule has 200 valence electrons. The Morgan fingerprint density at radius 1 is 0.821 bits per heavy atom. The number of fused-ring (bicyclic) bond motifs is 3. The normalized spacial score (nSPS) is 12.9. The minimum atomic E-state index is -0.569. The molecule has 1 atom stereocenters. The van der Waals surface area contributed by atoms with Gasteiger partial charge in [0.15, 0.2) is 6.61 Å². The Morgan fingerprint density at radius 2 is 1.49 bits per heavy atom. The molecule has 0 saturated heterocycles. The molecule has 0 bridgehead atoms. The molecule has 0 radical (unpaired) electrons. The third-order valence-electron chi connectivity index (χ3n) is 6.11. The van der Waals surface area contributed by atoms with E-state index in [9.17, 15) is 14.4 Å². The largest absolute Gasteiger partial charge is 0.493 e. The summed E-state index contributed by atoms with van der Waals surface area (Å²) in [7, 11) is 0. The van der Waals surface area contributed by atoms with Gasteiger partial charge in [-0.1, -0.05) is 32.2 Å². The van der Waals surface area contributed by atoms with E-state index in [2.05, 4.69) is 24.8 Å². The quantitative estimate of drug-likeness (QED) is 0.0985. The summed E-state index contributed by atoms with van der Waals surface area (Å²) in [6, 6.07) is 17.8. The molecule has 8 heteroatoms. The van der Waals surface area contributed by atoms with Crippen molar-refractivity contribution in [3.8, 4) is 28.4 Å². The predicted octanol–water partition coefficient (Wildman–Crippen LogP) is 5.60. The summed E-state index contributed by atoms with van der Waals surface area (Å²) in [4.78, 5) is 35.3. The molecule has 8 nitrogen and oxygen atoms in total. The van der Waals surface area contributed by atoms with Crippen LogP contribution in [0.15, 0.2) is 86.2 Å². The fourth-order valence-electron chi connectivity index (χ4n) is 4.21. The molecule has 1 aliphatic rings. The number of carbonyl (C=O) groups excluding carboxylic acids is 3. The monoisotopic (exact) mass is 528 g/mol.